The Morgan fingerprint density at radius 3 is 2.90 bits per heavy atom. The van der Waals surface area contributed by atoms with E-state index in [4.69, 9.17) is 13.9 Å². The first-order valence-electron chi connectivity index (χ1n) is 9.47. The number of aromatic nitrogens is 1. The lowest BCUT2D eigenvalue weighted by Gasteiger charge is -2.32. The number of ketones is 1. The first kappa shape index (κ1) is 19.0. The number of methoxy groups -OCH3 is 1. The quantitative estimate of drug-likeness (QED) is 0.777. The summed E-state index contributed by atoms with van der Waals surface area (Å²) in [6.07, 6.45) is 4.27. The molecule has 2 heterocycles. The zero-order valence-electron chi connectivity index (χ0n) is 16.4. The van der Waals surface area contributed by atoms with Gasteiger partial charge in [0.2, 0.25) is 5.89 Å². The molecule has 0 amide bonds. The average Bonchev–Trinajstić information content (AvgIpc) is 3.25. The van der Waals surface area contributed by atoms with Crippen molar-refractivity contribution >= 4 is 11.8 Å². The highest BCUT2D eigenvalue weighted by molar-refractivity contribution is 6.01. The molecule has 7 heteroatoms. The molecule has 1 aliphatic carbocycles. The number of benzene rings is 1. The van der Waals surface area contributed by atoms with Crippen molar-refractivity contribution in [2.45, 2.75) is 38.7 Å². The Bertz CT molecular complexity index is 1000. The maximum atomic E-state index is 12.9. The van der Waals surface area contributed by atoms with Crippen LogP contribution in [0.3, 0.4) is 0 Å². The highest BCUT2D eigenvalue weighted by Crippen LogP contribution is 2.41. The molecule has 150 valence electrons. The fourth-order valence-electron chi connectivity index (χ4n) is 3.89. The molecule has 4 rings (SSSR count). The predicted octanol–water partition coefficient (Wildman–Crippen LogP) is 3.39. The SMILES string of the molecule is COc1ccccc1[C@H]1CC(=O)C2=C(C1)NC(C)=C(C(=O)OCc1ncco1)C2. The van der Waals surface area contributed by atoms with E-state index in [1.807, 2.05) is 31.2 Å². The Morgan fingerprint density at radius 1 is 1.31 bits per heavy atom. The number of nitrogens with zero attached hydrogens (tertiary/aromatic N) is 1. The number of nitrogens with one attached hydrogen (secondary N) is 1. The molecule has 1 atom stereocenters. The lowest BCUT2D eigenvalue weighted by molar-refractivity contribution is -0.141. The molecule has 1 aromatic carbocycles. The Morgan fingerprint density at radius 2 is 2.14 bits per heavy atom. The minimum absolute atomic E-state index is 0.0382. The zero-order chi connectivity index (χ0) is 20.4. The standard InChI is InChI=1S/C22H22N2O5/c1-13-16(22(26)29-12-21-23-7-8-28-21)11-17-18(24-13)9-14(10-19(17)25)15-5-3-4-6-20(15)27-2/h3-8,14,24H,9-12H2,1-2H3/t14-/m1/s1. The van der Waals surface area contributed by atoms with Gasteiger partial charge >= 0.3 is 5.97 Å². The van der Waals surface area contributed by atoms with Crippen LogP contribution >= 0.6 is 0 Å². The molecule has 1 N–H and O–H groups in total. The molecule has 0 saturated carbocycles. The third-order valence-electron chi connectivity index (χ3n) is 5.36. The Hall–Kier alpha value is -3.35. The first-order valence-corrected chi connectivity index (χ1v) is 9.47. The summed E-state index contributed by atoms with van der Waals surface area (Å²) in [6, 6.07) is 7.78. The van der Waals surface area contributed by atoms with Gasteiger partial charge in [-0.2, -0.15) is 0 Å². The smallest absolute Gasteiger partial charge is 0.336 e. The van der Waals surface area contributed by atoms with Gasteiger partial charge < -0.3 is 19.2 Å². The molecule has 0 spiro atoms. The van der Waals surface area contributed by atoms with Crippen LogP contribution in [0.2, 0.25) is 0 Å². The van der Waals surface area contributed by atoms with Crippen molar-refractivity contribution in [2.24, 2.45) is 0 Å². The minimum atomic E-state index is -0.473. The molecule has 29 heavy (non-hydrogen) atoms. The van der Waals surface area contributed by atoms with Crippen LogP contribution in [0.4, 0.5) is 0 Å². The maximum Gasteiger partial charge on any atom is 0.336 e. The van der Waals surface area contributed by atoms with Crippen molar-refractivity contribution in [1.29, 1.82) is 0 Å². The molecule has 2 aromatic rings. The van der Waals surface area contributed by atoms with E-state index in [0.717, 1.165) is 17.0 Å². The third-order valence-corrected chi connectivity index (χ3v) is 5.36. The van der Waals surface area contributed by atoms with E-state index in [2.05, 4.69) is 10.3 Å². The number of hydrogen-bond acceptors (Lipinski definition) is 7. The van der Waals surface area contributed by atoms with Crippen LogP contribution < -0.4 is 10.1 Å². The summed E-state index contributed by atoms with van der Waals surface area (Å²) in [5.41, 5.74) is 3.72. The molecule has 0 fully saturated rings. The second-order valence-electron chi connectivity index (χ2n) is 7.13. The monoisotopic (exact) mass is 394 g/mol. The fourth-order valence-corrected chi connectivity index (χ4v) is 3.89. The van der Waals surface area contributed by atoms with Crippen molar-refractivity contribution in [2.75, 3.05) is 7.11 Å². The van der Waals surface area contributed by atoms with Gasteiger partial charge in [0, 0.05) is 35.7 Å². The number of para-hydroxylation sites is 1. The highest BCUT2D eigenvalue weighted by atomic mass is 16.5. The van der Waals surface area contributed by atoms with E-state index in [9.17, 15) is 9.59 Å². The van der Waals surface area contributed by atoms with Gasteiger partial charge in [0.05, 0.1) is 18.9 Å². The number of rotatable bonds is 5. The van der Waals surface area contributed by atoms with E-state index >= 15 is 0 Å². The minimum Gasteiger partial charge on any atom is -0.496 e. The number of carbonyl (C=O) groups excluding carboxylic acids is 2. The van der Waals surface area contributed by atoms with Gasteiger partial charge in [0.15, 0.2) is 12.4 Å². The second-order valence-corrected chi connectivity index (χ2v) is 7.13. The predicted molar refractivity (Wildman–Crippen MR) is 104 cm³/mol. The Kier molecular flexibility index (Phi) is 5.20. The van der Waals surface area contributed by atoms with Crippen molar-refractivity contribution in [3.63, 3.8) is 0 Å². The maximum absolute atomic E-state index is 12.9. The molecular weight excluding hydrogens is 372 g/mol. The summed E-state index contributed by atoms with van der Waals surface area (Å²) in [6.45, 7) is 1.78. The van der Waals surface area contributed by atoms with Crippen LogP contribution in [0, 0.1) is 0 Å². The van der Waals surface area contributed by atoms with Crippen molar-refractivity contribution in [3.8, 4) is 5.75 Å². The van der Waals surface area contributed by atoms with E-state index in [1.54, 1.807) is 7.11 Å². The van der Waals surface area contributed by atoms with Crippen molar-refractivity contribution < 1.29 is 23.5 Å². The van der Waals surface area contributed by atoms with Crippen LogP contribution in [0.15, 0.2) is 63.7 Å². The van der Waals surface area contributed by atoms with E-state index in [-0.39, 0.29) is 24.7 Å². The Balaban J connectivity index is 1.50. The number of hydrogen-bond donors (Lipinski definition) is 1. The summed E-state index contributed by atoms with van der Waals surface area (Å²) < 4.78 is 15.8. The van der Waals surface area contributed by atoms with Gasteiger partial charge in [0.1, 0.15) is 12.0 Å². The number of dihydropyridines is 1. The summed E-state index contributed by atoms with van der Waals surface area (Å²) >= 11 is 0. The Labute approximate surface area is 168 Å². The lowest BCUT2D eigenvalue weighted by atomic mass is 9.78. The van der Waals surface area contributed by atoms with E-state index in [0.29, 0.717) is 35.6 Å². The summed E-state index contributed by atoms with van der Waals surface area (Å²) in [4.78, 5) is 29.3. The van der Waals surface area contributed by atoms with Gasteiger partial charge in [-0.05, 0) is 25.0 Å². The number of Topliss-reactive ketones (excluding diaryl/α,β-unsaturated/α-hetero) is 1. The first-order chi connectivity index (χ1) is 14.1. The number of oxazole rings is 1. The number of carbonyl (C=O) groups is 2. The molecule has 0 unspecified atom stereocenters. The van der Waals surface area contributed by atoms with Crippen LogP contribution in [0.1, 0.15) is 43.6 Å². The summed E-state index contributed by atoms with van der Waals surface area (Å²) in [5.74, 6) is 0.720. The van der Waals surface area contributed by atoms with Crippen LogP contribution in [-0.2, 0) is 20.9 Å². The van der Waals surface area contributed by atoms with Gasteiger partial charge in [-0.1, -0.05) is 18.2 Å². The summed E-state index contributed by atoms with van der Waals surface area (Å²) in [7, 11) is 1.63. The van der Waals surface area contributed by atoms with Crippen LogP contribution in [0.25, 0.3) is 0 Å². The fraction of sp³-hybridized carbons (Fsp3) is 0.318. The zero-order valence-corrected chi connectivity index (χ0v) is 16.4. The van der Waals surface area contributed by atoms with Crippen molar-refractivity contribution in [3.05, 3.63) is 70.7 Å². The molecule has 0 radical (unpaired) electrons. The van der Waals surface area contributed by atoms with Crippen LogP contribution in [-0.4, -0.2) is 23.8 Å². The normalized spacial score (nSPS) is 19.0. The molecule has 0 bridgehead atoms. The largest absolute Gasteiger partial charge is 0.496 e. The molecule has 0 saturated heterocycles. The summed E-state index contributed by atoms with van der Waals surface area (Å²) in [5, 5.41) is 3.27. The van der Waals surface area contributed by atoms with Crippen molar-refractivity contribution in [1.82, 2.24) is 10.3 Å². The molecule has 2 aliphatic rings. The van der Waals surface area contributed by atoms with Crippen LogP contribution in [0.5, 0.6) is 5.75 Å². The molecule has 7 nitrogen and oxygen atoms in total. The topological polar surface area (TPSA) is 90.7 Å². The number of ether oxygens (including phenoxy) is 2. The highest BCUT2D eigenvalue weighted by Gasteiger charge is 2.34. The average molecular weight is 394 g/mol. The van der Waals surface area contributed by atoms with Gasteiger partial charge in [0.25, 0.3) is 0 Å². The number of allylic oxidation sites excluding steroid dienone is 3. The molecule has 1 aromatic heterocycles. The second kappa shape index (κ2) is 7.95. The van der Waals surface area contributed by atoms with E-state index < -0.39 is 5.97 Å². The molecule has 1 aliphatic heterocycles. The number of esters is 1. The lowest BCUT2D eigenvalue weighted by Crippen LogP contribution is -2.31. The van der Waals surface area contributed by atoms with Gasteiger partial charge in [-0.25, -0.2) is 9.78 Å². The molecular formula is C22H22N2O5. The third kappa shape index (κ3) is 3.81. The van der Waals surface area contributed by atoms with E-state index in [1.165, 1.54) is 12.5 Å². The van der Waals surface area contributed by atoms with Gasteiger partial charge in [-0.3, -0.25) is 4.79 Å². The van der Waals surface area contributed by atoms with Gasteiger partial charge in [-0.15, -0.1) is 0 Å².